The van der Waals surface area contributed by atoms with Gasteiger partial charge in [-0.15, -0.1) is 0 Å². The Morgan fingerprint density at radius 1 is 1.18 bits per heavy atom. The summed E-state index contributed by atoms with van der Waals surface area (Å²) >= 11 is 0. The number of nitrogen functional groups attached to an aromatic ring is 1. The maximum absolute atomic E-state index is 6.42. The van der Waals surface area contributed by atoms with Crippen LogP contribution in [-0.4, -0.2) is 56.4 Å². The van der Waals surface area contributed by atoms with E-state index in [2.05, 4.69) is 69.6 Å². The monoisotopic (exact) mass is 453 g/mol. The number of anilines is 3. The average molecular weight is 454 g/mol. The summed E-state index contributed by atoms with van der Waals surface area (Å²) in [6.45, 7) is 12.6. The van der Waals surface area contributed by atoms with Crippen LogP contribution in [-0.2, 0) is 6.54 Å². The first-order valence-electron chi connectivity index (χ1n) is 11.9. The molecule has 1 aliphatic carbocycles. The molecule has 1 fully saturated rings. The van der Waals surface area contributed by atoms with Crippen molar-refractivity contribution in [3.05, 3.63) is 29.3 Å². The van der Waals surface area contributed by atoms with E-state index in [-0.39, 0.29) is 0 Å². The van der Waals surface area contributed by atoms with Gasteiger partial charge in [0.1, 0.15) is 11.6 Å². The second-order valence-electron chi connectivity index (χ2n) is 8.82. The van der Waals surface area contributed by atoms with Crippen LogP contribution in [0.4, 0.5) is 17.6 Å². The summed E-state index contributed by atoms with van der Waals surface area (Å²) in [6, 6.07) is 4.01. The van der Waals surface area contributed by atoms with E-state index in [1.165, 1.54) is 12.8 Å². The van der Waals surface area contributed by atoms with E-state index >= 15 is 0 Å². The van der Waals surface area contributed by atoms with Gasteiger partial charge < -0.3 is 25.8 Å². The topological polar surface area (TPSA) is 134 Å². The van der Waals surface area contributed by atoms with Gasteiger partial charge in [-0.1, -0.05) is 32.9 Å². The van der Waals surface area contributed by atoms with Crippen molar-refractivity contribution >= 4 is 17.6 Å². The van der Waals surface area contributed by atoms with E-state index in [1.807, 2.05) is 6.07 Å². The molecule has 0 aliphatic heterocycles. The molecule has 3 aromatic rings. The van der Waals surface area contributed by atoms with Gasteiger partial charge >= 0.3 is 0 Å². The third kappa shape index (κ3) is 5.62. The van der Waals surface area contributed by atoms with Gasteiger partial charge in [-0.3, -0.25) is 5.10 Å². The summed E-state index contributed by atoms with van der Waals surface area (Å²) in [7, 11) is 0. The molecule has 3 heterocycles. The van der Waals surface area contributed by atoms with Crippen LogP contribution in [0.3, 0.4) is 0 Å². The fraction of sp³-hybridized carbons (Fsp3) is 0.565. The van der Waals surface area contributed by atoms with Crippen LogP contribution >= 0.6 is 0 Å². The number of H-pyrrole nitrogens is 1. The molecule has 1 saturated carbocycles. The summed E-state index contributed by atoms with van der Waals surface area (Å²) in [6.07, 6.45) is 2.40. The molecule has 3 aromatic heterocycles. The number of rotatable bonds is 12. The Balaban J connectivity index is 1.55. The SMILES string of the molecule is CCN(CC)CCNc1nc(NCc2cc(C(C)C)no2)nc(N)c1-c1cc(C2CC2)[nH]n1. The molecule has 0 unspecified atom stereocenters. The Morgan fingerprint density at radius 3 is 2.64 bits per heavy atom. The van der Waals surface area contributed by atoms with Gasteiger partial charge in [-0.25, -0.2) is 0 Å². The smallest absolute Gasteiger partial charge is 0.227 e. The predicted molar refractivity (Wildman–Crippen MR) is 130 cm³/mol. The first-order valence-corrected chi connectivity index (χ1v) is 11.9. The second kappa shape index (κ2) is 10.2. The molecule has 0 spiro atoms. The number of aromatic amines is 1. The van der Waals surface area contributed by atoms with Crippen molar-refractivity contribution < 1.29 is 4.52 Å². The minimum atomic E-state index is 0.310. The minimum absolute atomic E-state index is 0.310. The quantitative estimate of drug-likeness (QED) is 0.323. The van der Waals surface area contributed by atoms with Gasteiger partial charge in [0.15, 0.2) is 5.76 Å². The van der Waals surface area contributed by atoms with Gasteiger partial charge in [-0.05, 0) is 37.9 Å². The minimum Gasteiger partial charge on any atom is -0.383 e. The molecule has 0 saturated heterocycles. The highest BCUT2D eigenvalue weighted by Gasteiger charge is 2.27. The lowest BCUT2D eigenvalue weighted by Gasteiger charge is -2.19. The van der Waals surface area contributed by atoms with Crippen molar-refractivity contribution in [2.45, 2.75) is 58.9 Å². The molecule has 1 aliphatic rings. The Bertz CT molecular complexity index is 1050. The summed E-state index contributed by atoms with van der Waals surface area (Å²) in [5.74, 6) is 3.10. The second-order valence-corrected chi connectivity index (χ2v) is 8.82. The van der Waals surface area contributed by atoms with Crippen molar-refractivity contribution in [3.8, 4) is 11.3 Å². The molecule has 0 bridgehead atoms. The zero-order valence-corrected chi connectivity index (χ0v) is 20.0. The van der Waals surface area contributed by atoms with E-state index in [1.54, 1.807) is 0 Å². The summed E-state index contributed by atoms with van der Waals surface area (Å²) in [5.41, 5.74) is 9.98. The van der Waals surface area contributed by atoms with E-state index < -0.39 is 0 Å². The van der Waals surface area contributed by atoms with E-state index in [0.717, 1.165) is 54.6 Å². The summed E-state index contributed by atoms with van der Waals surface area (Å²) < 4.78 is 5.41. The number of nitrogens with one attached hydrogen (secondary N) is 3. The zero-order valence-electron chi connectivity index (χ0n) is 20.0. The summed E-state index contributed by atoms with van der Waals surface area (Å²) in [4.78, 5) is 11.6. The lowest BCUT2D eigenvalue weighted by atomic mass is 10.1. The average Bonchev–Trinajstić information content (AvgIpc) is 3.33. The lowest BCUT2D eigenvalue weighted by molar-refractivity contribution is 0.316. The fourth-order valence-corrected chi connectivity index (χ4v) is 3.73. The molecule has 4 rings (SSSR count). The number of nitrogens with two attached hydrogens (primary N) is 1. The fourth-order valence-electron chi connectivity index (χ4n) is 3.73. The third-order valence-electron chi connectivity index (χ3n) is 6.01. The van der Waals surface area contributed by atoms with Crippen molar-refractivity contribution in [1.29, 1.82) is 0 Å². The lowest BCUT2D eigenvalue weighted by Crippen LogP contribution is -2.29. The first-order chi connectivity index (χ1) is 16.0. The molecule has 0 radical (unpaired) electrons. The van der Waals surface area contributed by atoms with E-state index in [9.17, 15) is 0 Å². The van der Waals surface area contributed by atoms with Crippen molar-refractivity contribution in [2.24, 2.45) is 0 Å². The molecule has 0 aromatic carbocycles. The molecule has 0 amide bonds. The Hall–Kier alpha value is -3.14. The van der Waals surface area contributed by atoms with Gasteiger partial charge in [0.05, 0.1) is 23.5 Å². The van der Waals surface area contributed by atoms with E-state index in [0.29, 0.717) is 36.0 Å². The third-order valence-corrected chi connectivity index (χ3v) is 6.01. The van der Waals surface area contributed by atoms with Crippen molar-refractivity contribution in [2.75, 3.05) is 42.5 Å². The van der Waals surface area contributed by atoms with Crippen LogP contribution < -0.4 is 16.4 Å². The molecule has 10 heteroatoms. The highest BCUT2D eigenvalue weighted by atomic mass is 16.5. The number of nitrogens with zero attached hydrogens (tertiary/aromatic N) is 5. The number of hydrogen-bond acceptors (Lipinski definition) is 9. The highest BCUT2D eigenvalue weighted by Crippen LogP contribution is 2.41. The molecule has 33 heavy (non-hydrogen) atoms. The van der Waals surface area contributed by atoms with Gasteiger partial charge in [0.2, 0.25) is 5.95 Å². The van der Waals surface area contributed by atoms with Gasteiger partial charge in [0, 0.05) is 30.8 Å². The normalized spacial score (nSPS) is 13.8. The molecule has 178 valence electrons. The molecule has 0 atom stereocenters. The van der Waals surface area contributed by atoms with Crippen molar-refractivity contribution in [1.82, 2.24) is 30.2 Å². The number of aromatic nitrogens is 5. The molecule has 10 nitrogen and oxygen atoms in total. The number of likely N-dealkylation sites (N-methyl/N-ethyl adjacent to an activating group) is 1. The van der Waals surface area contributed by atoms with Crippen LogP contribution in [0.25, 0.3) is 11.3 Å². The van der Waals surface area contributed by atoms with Gasteiger partial charge in [-0.2, -0.15) is 15.1 Å². The largest absolute Gasteiger partial charge is 0.383 e. The molecule has 5 N–H and O–H groups in total. The predicted octanol–water partition coefficient (Wildman–Crippen LogP) is 3.80. The van der Waals surface area contributed by atoms with Crippen LogP contribution in [0.5, 0.6) is 0 Å². The Morgan fingerprint density at radius 2 is 1.97 bits per heavy atom. The van der Waals surface area contributed by atoms with Crippen LogP contribution in [0.1, 0.15) is 69.5 Å². The highest BCUT2D eigenvalue weighted by molar-refractivity contribution is 5.82. The van der Waals surface area contributed by atoms with Gasteiger partial charge in [0.25, 0.3) is 0 Å². The van der Waals surface area contributed by atoms with Crippen LogP contribution in [0.2, 0.25) is 0 Å². The Labute approximate surface area is 194 Å². The van der Waals surface area contributed by atoms with E-state index in [4.69, 9.17) is 15.2 Å². The standard InChI is InChI=1S/C23H35N9O/c1-5-32(6-2)10-9-25-22-20(19-12-18(29-30-19)15-7-8-15)21(24)27-23(28-22)26-13-16-11-17(14(3)4)31-33-16/h11-12,14-15H,5-10,13H2,1-4H3,(H,29,30)(H4,24,25,26,27,28). The first kappa shape index (κ1) is 23.0. The molecular formula is C23H35N9O. The van der Waals surface area contributed by atoms with Crippen LogP contribution in [0.15, 0.2) is 16.7 Å². The maximum atomic E-state index is 6.42. The Kier molecular flexibility index (Phi) is 7.12. The van der Waals surface area contributed by atoms with Crippen LogP contribution in [0, 0.1) is 0 Å². The summed E-state index contributed by atoms with van der Waals surface area (Å²) in [5, 5.41) is 18.4. The number of hydrogen-bond donors (Lipinski definition) is 4. The zero-order chi connectivity index (χ0) is 23.4. The van der Waals surface area contributed by atoms with Crippen molar-refractivity contribution in [3.63, 3.8) is 0 Å². The molecular weight excluding hydrogens is 418 g/mol. The maximum Gasteiger partial charge on any atom is 0.227 e.